The molecule has 0 unspecified atom stereocenters. The molecule has 0 fully saturated rings. The molecule has 0 aliphatic rings. The molecule has 0 aliphatic heterocycles. The van der Waals surface area contributed by atoms with Crippen LogP contribution < -0.4 is 10.0 Å². The number of aromatic nitrogens is 1. The first-order chi connectivity index (χ1) is 16.7. The molecular weight excluding hydrogens is 465 g/mol. The number of amides is 1. The summed E-state index contributed by atoms with van der Waals surface area (Å²) in [6, 6.07) is 22.8. The van der Waals surface area contributed by atoms with Crippen molar-refractivity contribution in [3.63, 3.8) is 0 Å². The van der Waals surface area contributed by atoms with Gasteiger partial charge in [0.15, 0.2) is 0 Å². The van der Waals surface area contributed by atoms with Gasteiger partial charge in [-0.2, -0.15) is 0 Å². The Morgan fingerprint density at radius 3 is 2.26 bits per heavy atom. The molecule has 8 heteroatoms. The minimum Gasteiger partial charge on any atom is -0.347 e. The molecule has 1 amide bonds. The predicted molar refractivity (Wildman–Crippen MR) is 136 cm³/mol. The average molecular weight is 494 g/mol. The van der Waals surface area contributed by atoms with E-state index in [1.165, 1.54) is 6.07 Å². The number of rotatable bonds is 9. The first-order valence-corrected chi connectivity index (χ1v) is 13.1. The minimum atomic E-state index is -3.51. The molecule has 0 bridgehead atoms. The SMILES string of the molecule is CC(C)NS(=O)(=O)Cc1ccccc1CNC(=O)c1cc2ccccc2n1Cc1ccccc1F. The van der Waals surface area contributed by atoms with Crippen molar-refractivity contribution in [3.05, 3.63) is 107 Å². The lowest BCUT2D eigenvalue weighted by molar-refractivity contribution is 0.0942. The first-order valence-electron chi connectivity index (χ1n) is 11.4. The molecule has 0 aliphatic carbocycles. The van der Waals surface area contributed by atoms with Gasteiger partial charge in [0.2, 0.25) is 10.0 Å². The van der Waals surface area contributed by atoms with E-state index in [0.717, 1.165) is 10.9 Å². The number of benzene rings is 3. The highest BCUT2D eigenvalue weighted by molar-refractivity contribution is 7.88. The normalized spacial score (nSPS) is 11.8. The Kier molecular flexibility index (Phi) is 7.33. The molecule has 182 valence electrons. The topological polar surface area (TPSA) is 80.2 Å². The molecule has 0 saturated carbocycles. The van der Waals surface area contributed by atoms with E-state index in [1.807, 2.05) is 30.3 Å². The Bertz CT molecular complexity index is 1460. The molecule has 2 N–H and O–H groups in total. The Morgan fingerprint density at radius 2 is 1.54 bits per heavy atom. The molecule has 35 heavy (non-hydrogen) atoms. The Balaban J connectivity index is 1.59. The molecule has 0 atom stereocenters. The number of sulfonamides is 1. The zero-order valence-electron chi connectivity index (χ0n) is 19.7. The van der Waals surface area contributed by atoms with E-state index < -0.39 is 10.0 Å². The van der Waals surface area contributed by atoms with Gasteiger partial charge < -0.3 is 9.88 Å². The van der Waals surface area contributed by atoms with Gasteiger partial charge in [0.25, 0.3) is 5.91 Å². The van der Waals surface area contributed by atoms with Crippen molar-refractivity contribution in [2.24, 2.45) is 0 Å². The van der Waals surface area contributed by atoms with Crippen LogP contribution in [-0.4, -0.2) is 24.9 Å². The van der Waals surface area contributed by atoms with Crippen LogP contribution in [0.1, 0.15) is 41.0 Å². The lowest BCUT2D eigenvalue weighted by Gasteiger charge is -2.14. The van der Waals surface area contributed by atoms with Crippen molar-refractivity contribution in [2.45, 2.75) is 38.7 Å². The predicted octanol–water partition coefficient (Wildman–Crippen LogP) is 4.59. The van der Waals surface area contributed by atoms with Crippen molar-refractivity contribution in [2.75, 3.05) is 0 Å². The lowest BCUT2D eigenvalue weighted by Crippen LogP contribution is -2.32. The second-order valence-electron chi connectivity index (χ2n) is 8.75. The van der Waals surface area contributed by atoms with E-state index >= 15 is 0 Å². The highest BCUT2D eigenvalue weighted by atomic mass is 32.2. The Labute approximate surface area is 204 Å². The van der Waals surface area contributed by atoms with Gasteiger partial charge in [-0.1, -0.05) is 60.7 Å². The Hall–Kier alpha value is -3.49. The van der Waals surface area contributed by atoms with E-state index in [4.69, 9.17) is 0 Å². The van der Waals surface area contributed by atoms with E-state index in [2.05, 4.69) is 10.0 Å². The van der Waals surface area contributed by atoms with Gasteiger partial charge in [-0.05, 0) is 43.2 Å². The number of fused-ring (bicyclic) bond motifs is 1. The van der Waals surface area contributed by atoms with Gasteiger partial charge in [-0.25, -0.2) is 17.5 Å². The summed E-state index contributed by atoms with van der Waals surface area (Å²) in [7, 11) is -3.51. The van der Waals surface area contributed by atoms with Crippen molar-refractivity contribution >= 4 is 26.8 Å². The van der Waals surface area contributed by atoms with Crippen LogP contribution in [0.4, 0.5) is 4.39 Å². The molecule has 6 nitrogen and oxygen atoms in total. The fraction of sp³-hybridized carbons (Fsp3) is 0.222. The van der Waals surface area contributed by atoms with Crippen LogP contribution in [-0.2, 0) is 28.9 Å². The number of para-hydroxylation sites is 1. The largest absolute Gasteiger partial charge is 0.347 e. The minimum absolute atomic E-state index is 0.160. The zero-order chi connectivity index (χ0) is 25.0. The van der Waals surface area contributed by atoms with E-state index in [1.54, 1.807) is 60.9 Å². The number of nitrogens with zero attached hydrogens (tertiary/aromatic N) is 1. The third-order valence-electron chi connectivity index (χ3n) is 5.65. The molecule has 1 heterocycles. The van der Waals surface area contributed by atoms with Gasteiger partial charge in [0, 0.05) is 29.1 Å². The summed E-state index contributed by atoms with van der Waals surface area (Å²) in [6.07, 6.45) is 0. The van der Waals surface area contributed by atoms with Crippen molar-refractivity contribution < 1.29 is 17.6 Å². The maximum atomic E-state index is 14.4. The first kappa shape index (κ1) is 24.6. The van der Waals surface area contributed by atoms with Gasteiger partial charge in [0.05, 0.1) is 12.3 Å². The summed E-state index contributed by atoms with van der Waals surface area (Å²) in [5, 5.41) is 3.79. The highest BCUT2D eigenvalue weighted by Crippen LogP contribution is 2.22. The lowest BCUT2D eigenvalue weighted by atomic mass is 10.1. The molecule has 4 aromatic rings. The summed E-state index contributed by atoms with van der Waals surface area (Å²) >= 11 is 0. The maximum Gasteiger partial charge on any atom is 0.268 e. The zero-order valence-corrected chi connectivity index (χ0v) is 20.5. The van der Waals surface area contributed by atoms with Gasteiger partial charge >= 0.3 is 0 Å². The van der Waals surface area contributed by atoms with Crippen LogP contribution >= 0.6 is 0 Å². The second kappa shape index (κ2) is 10.4. The van der Waals surface area contributed by atoms with Crippen molar-refractivity contribution in [1.29, 1.82) is 0 Å². The summed E-state index contributed by atoms with van der Waals surface area (Å²) in [4.78, 5) is 13.3. The molecule has 4 rings (SSSR count). The number of halogens is 1. The number of hydrogen-bond acceptors (Lipinski definition) is 3. The van der Waals surface area contributed by atoms with Gasteiger partial charge in [-0.3, -0.25) is 4.79 Å². The van der Waals surface area contributed by atoms with Gasteiger partial charge in [-0.15, -0.1) is 0 Å². The number of hydrogen-bond donors (Lipinski definition) is 2. The average Bonchev–Trinajstić information content (AvgIpc) is 3.17. The highest BCUT2D eigenvalue weighted by Gasteiger charge is 2.19. The summed E-state index contributed by atoms with van der Waals surface area (Å²) in [6.45, 7) is 3.90. The monoisotopic (exact) mass is 493 g/mol. The number of carbonyl (C=O) groups excluding carboxylic acids is 1. The molecule has 0 radical (unpaired) electrons. The third-order valence-corrected chi connectivity index (χ3v) is 7.17. The van der Waals surface area contributed by atoms with Crippen LogP contribution in [0.5, 0.6) is 0 Å². The molecular formula is C27H28FN3O3S. The molecule has 0 saturated heterocycles. The smallest absolute Gasteiger partial charge is 0.268 e. The van der Waals surface area contributed by atoms with E-state index in [0.29, 0.717) is 22.4 Å². The van der Waals surface area contributed by atoms with E-state index in [-0.39, 0.29) is 36.6 Å². The van der Waals surface area contributed by atoms with Crippen molar-refractivity contribution in [1.82, 2.24) is 14.6 Å². The van der Waals surface area contributed by atoms with E-state index in [9.17, 15) is 17.6 Å². The molecule has 3 aromatic carbocycles. The molecule has 0 spiro atoms. The fourth-order valence-electron chi connectivity index (χ4n) is 4.11. The second-order valence-corrected chi connectivity index (χ2v) is 10.5. The summed E-state index contributed by atoms with van der Waals surface area (Å²) in [5.74, 6) is -0.831. The third kappa shape index (κ3) is 5.96. The number of nitrogens with one attached hydrogen (secondary N) is 2. The van der Waals surface area contributed by atoms with Crippen LogP contribution in [0.3, 0.4) is 0 Å². The van der Waals surface area contributed by atoms with Gasteiger partial charge in [0.1, 0.15) is 11.5 Å². The maximum absolute atomic E-state index is 14.4. The standard InChI is InChI=1S/C27H28FN3O3S/c1-19(2)30-35(33,34)18-23-12-4-3-10-21(23)16-29-27(32)26-15-20-9-6-8-14-25(20)31(26)17-22-11-5-7-13-24(22)28/h3-15,19,30H,16-18H2,1-2H3,(H,29,32). The summed E-state index contributed by atoms with van der Waals surface area (Å²) in [5.41, 5.74) is 3.05. The molecule has 1 aromatic heterocycles. The number of carbonyl (C=O) groups is 1. The quantitative estimate of drug-likeness (QED) is 0.358. The fourth-order valence-corrected chi connectivity index (χ4v) is 5.60. The summed E-state index contributed by atoms with van der Waals surface area (Å²) < 4.78 is 43.6. The van der Waals surface area contributed by atoms with Crippen LogP contribution in [0.2, 0.25) is 0 Å². The van der Waals surface area contributed by atoms with Crippen molar-refractivity contribution in [3.8, 4) is 0 Å². The van der Waals surface area contributed by atoms with Crippen LogP contribution in [0.25, 0.3) is 10.9 Å². The van der Waals surface area contributed by atoms with Crippen LogP contribution in [0, 0.1) is 5.82 Å². The van der Waals surface area contributed by atoms with Crippen LogP contribution in [0.15, 0.2) is 78.9 Å². The Morgan fingerprint density at radius 1 is 0.914 bits per heavy atom.